The lowest BCUT2D eigenvalue weighted by Crippen LogP contribution is -2.61. The van der Waals surface area contributed by atoms with Gasteiger partial charge in [-0.05, 0) is 60.8 Å². The van der Waals surface area contributed by atoms with E-state index in [2.05, 4.69) is 38.5 Å². The number of aromatic nitrogens is 2. The number of likely N-dealkylation sites (tertiary alicyclic amines) is 1. The van der Waals surface area contributed by atoms with Crippen LogP contribution in [0.2, 0.25) is 0 Å². The predicted molar refractivity (Wildman–Crippen MR) is 230 cm³/mol. The van der Waals surface area contributed by atoms with Crippen LogP contribution < -0.4 is 32.4 Å². The fourth-order valence-corrected chi connectivity index (χ4v) is 8.30. The Bertz CT molecular complexity index is 2330. The summed E-state index contributed by atoms with van der Waals surface area (Å²) in [7, 11) is 0. The largest absolute Gasteiger partial charge is 0.446 e. The number of hydrazine groups is 1. The minimum absolute atomic E-state index is 0.0407. The average molecular weight is 829 g/mol. The van der Waals surface area contributed by atoms with Crippen LogP contribution >= 0.6 is 0 Å². The standard InChI is InChI=1S/C46H52N8O7/c1-5-31-26-46(31,42(58)51-52-43(59)48-32-21-13-8-14-22-32)50-39(55)36-25-33(28-53(36)41(57)38(45(2,3)4)49-44(60)61-34-23-15-16-24-34)54-40(56)37(30-19-11-7-12-20-30)35(27-47-54)29-17-9-6-10-18-29/h5-14,17-22,27,31,33-34,36,38H,1,15-16,23-26,28H2,2-4H3,(H,49,60)(H,50,55)(H,51,58)(H2,48,52,59)/t31-,33-,36+,38-,46+/m1/s1. The van der Waals surface area contributed by atoms with Crippen LogP contribution in [0.4, 0.5) is 15.3 Å². The first-order valence-electron chi connectivity index (χ1n) is 20.7. The molecule has 4 aromatic rings. The van der Waals surface area contributed by atoms with Gasteiger partial charge in [0.2, 0.25) is 11.8 Å². The van der Waals surface area contributed by atoms with Crippen molar-refractivity contribution in [1.29, 1.82) is 0 Å². The summed E-state index contributed by atoms with van der Waals surface area (Å²) in [6.45, 7) is 9.13. The van der Waals surface area contributed by atoms with Crippen LogP contribution in [0.5, 0.6) is 0 Å². The van der Waals surface area contributed by atoms with Crippen molar-refractivity contribution in [3.05, 3.63) is 120 Å². The third-order valence-electron chi connectivity index (χ3n) is 11.7. The number of amides is 6. The molecular formula is C46H52N8O7. The molecule has 1 aliphatic heterocycles. The van der Waals surface area contributed by atoms with E-state index >= 15 is 0 Å². The fourth-order valence-electron chi connectivity index (χ4n) is 8.30. The highest BCUT2D eigenvalue weighted by Gasteiger charge is 2.61. The summed E-state index contributed by atoms with van der Waals surface area (Å²) in [5.74, 6) is -2.41. The van der Waals surface area contributed by atoms with E-state index in [1.807, 2.05) is 60.7 Å². The van der Waals surface area contributed by atoms with Crippen molar-refractivity contribution < 1.29 is 28.7 Å². The van der Waals surface area contributed by atoms with Crippen molar-refractivity contribution in [2.75, 3.05) is 11.9 Å². The van der Waals surface area contributed by atoms with E-state index in [9.17, 15) is 28.8 Å². The molecule has 1 aromatic heterocycles. The Morgan fingerprint density at radius 3 is 2.11 bits per heavy atom. The lowest BCUT2D eigenvalue weighted by Gasteiger charge is -2.35. The molecule has 61 heavy (non-hydrogen) atoms. The van der Waals surface area contributed by atoms with Crippen LogP contribution in [0.15, 0.2) is 115 Å². The summed E-state index contributed by atoms with van der Waals surface area (Å²) in [6, 6.07) is 23.5. The fraction of sp³-hybridized carbons (Fsp3) is 0.370. The summed E-state index contributed by atoms with van der Waals surface area (Å²) in [5, 5.41) is 12.9. The lowest BCUT2D eigenvalue weighted by molar-refractivity contribution is -0.143. The summed E-state index contributed by atoms with van der Waals surface area (Å²) < 4.78 is 7.00. The smallest absolute Gasteiger partial charge is 0.408 e. The summed E-state index contributed by atoms with van der Waals surface area (Å²) in [6.07, 6.45) is 5.69. The van der Waals surface area contributed by atoms with Gasteiger partial charge in [0, 0.05) is 30.1 Å². The number of hydrogen-bond acceptors (Lipinski definition) is 8. The monoisotopic (exact) mass is 828 g/mol. The average Bonchev–Trinajstić information content (AvgIpc) is 3.51. The van der Waals surface area contributed by atoms with Crippen LogP contribution in [-0.4, -0.2) is 74.8 Å². The number of nitrogens with zero attached hydrogens (tertiary/aromatic N) is 3. The summed E-state index contributed by atoms with van der Waals surface area (Å²) in [5.41, 5.74) is 4.99. The molecule has 7 rings (SSSR count). The number of alkyl carbamates (subject to hydrolysis) is 1. The molecule has 15 nitrogen and oxygen atoms in total. The van der Waals surface area contributed by atoms with E-state index in [-0.39, 0.29) is 25.5 Å². The Hall–Kier alpha value is -6.77. The minimum atomic E-state index is -1.49. The van der Waals surface area contributed by atoms with Crippen molar-refractivity contribution in [2.24, 2.45) is 11.3 Å². The van der Waals surface area contributed by atoms with E-state index in [1.54, 1.807) is 63.4 Å². The second-order valence-corrected chi connectivity index (χ2v) is 17.0. The van der Waals surface area contributed by atoms with Crippen LogP contribution in [0, 0.1) is 11.3 Å². The number of rotatable bonds is 11. The molecule has 5 atom stereocenters. The van der Waals surface area contributed by atoms with Gasteiger partial charge < -0.3 is 25.6 Å². The third-order valence-corrected chi connectivity index (χ3v) is 11.7. The van der Waals surface area contributed by atoms with Crippen molar-refractivity contribution in [3.8, 4) is 22.3 Å². The summed E-state index contributed by atoms with van der Waals surface area (Å²) in [4.78, 5) is 85.2. The van der Waals surface area contributed by atoms with Crippen LogP contribution in [-0.2, 0) is 19.1 Å². The number of benzene rings is 3. The second kappa shape index (κ2) is 17.8. The van der Waals surface area contributed by atoms with Crippen molar-refractivity contribution in [3.63, 3.8) is 0 Å². The van der Waals surface area contributed by atoms with Gasteiger partial charge in [-0.15, -0.1) is 6.58 Å². The number of hydrogen-bond donors (Lipinski definition) is 5. The van der Waals surface area contributed by atoms with E-state index in [4.69, 9.17) is 4.74 Å². The number of para-hydroxylation sites is 1. The number of nitrogens with one attached hydrogen (secondary N) is 5. The van der Waals surface area contributed by atoms with Crippen molar-refractivity contribution in [1.82, 2.24) is 36.2 Å². The van der Waals surface area contributed by atoms with E-state index in [0.717, 1.165) is 31.2 Å². The maximum atomic E-state index is 14.9. The Kier molecular flexibility index (Phi) is 12.4. The zero-order valence-electron chi connectivity index (χ0n) is 34.6. The first kappa shape index (κ1) is 42.4. The highest BCUT2D eigenvalue weighted by atomic mass is 16.6. The molecule has 0 bridgehead atoms. The molecule has 3 fully saturated rings. The molecule has 2 aliphatic carbocycles. The zero-order chi connectivity index (χ0) is 43.3. The molecule has 5 N–H and O–H groups in total. The third kappa shape index (κ3) is 9.35. The van der Waals surface area contributed by atoms with Crippen LogP contribution in [0.25, 0.3) is 22.3 Å². The van der Waals surface area contributed by atoms with Gasteiger partial charge >= 0.3 is 12.1 Å². The van der Waals surface area contributed by atoms with Gasteiger partial charge in [0.25, 0.3) is 11.5 Å². The molecule has 1 saturated heterocycles. The molecule has 0 radical (unpaired) electrons. The quantitative estimate of drug-likeness (QED) is 0.0937. The molecule has 2 heterocycles. The van der Waals surface area contributed by atoms with Gasteiger partial charge in [0.05, 0.1) is 17.8 Å². The maximum absolute atomic E-state index is 14.9. The molecule has 15 heteroatoms. The number of carbonyl (C=O) groups excluding carboxylic acids is 5. The van der Waals surface area contributed by atoms with E-state index < -0.39 is 70.4 Å². The molecule has 0 spiro atoms. The van der Waals surface area contributed by atoms with Crippen molar-refractivity contribution in [2.45, 2.75) is 89.1 Å². The minimum Gasteiger partial charge on any atom is -0.446 e. The van der Waals surface area contributed by atoms with E-state index in [0.29, 0.717) is 22.4 Å². The molecule has 3 aromatic carbocycles. The number of carbonyl (C=O) groups is 5. The number of anilines is 1. The van der Waals surface area contributed by atoms with Gasteiger partial charge in [-0.3, -0.25) is 24.6 Å². The van der Waals surface area contributed by atoms with Gasteiger partial charge in [-0.1, -0.05) is 106 Å². The van der Waals surface area contributed by atoms with Gasteiger partial charge in [0.1, 0.15) is 23.7 Å². The topological polar surface area (TPSA) is 193 Å². The van der Waals surface area contributed by atoms with Crippen LogP contribution in [0.3, 0.4) is 0 Å². The Morgan fingerprint density at radius 1 is 0.885 bits per heavy atom. The molecular weight excluding hydrogens is 777 g/mol. The van der Waals surface area contributed by atoms with Gasteiger partial charge in [-0.25, -0.2) is 19.7 Å². The second-order valence-electron chi connectivity index (χ2n) is 17.0. The van der Waals surface area contributed by atoms with Crippen LogP contribution in [0.1, 0.15) is 65.3 Å². The molecule has 0 unspecified atom stereocenters. The highest BCUT2D eigenvalue weighted by Crippen LogP contribution is 2.45. The zero-order valence-corrected chi connectivity index (χ0v) is 34.6. The molecule has 2 saturated carbocycles. The number of urea groups is 1. The normalized spacial score (nSPS) is 21.4. The first-order valence-corrected chi connectivity index (χ1v) is 20.7. The molecule has 318 valence electrons. The lowest BCUT2D eigenvalue weighted by atomic mass is 9.85. The van der Waals surface area contributed by atoms with Crippen molar-refractivity contribution >= 4 is 35.5 Å². The summed E-state index contributed by atoms with van der Waals surface area (Å²) >= 11 is 0. The molecule has 6 amide bonds. The van der Waals surface area contributed by atoms with Gasteiger partial charge in [0.15, 0.2) is 0 Å². The van der Waals surface area contributed by atoms with Gasteiger partial charge in [-0.2, -0.15) is 5.10 Å². The Morgan fingerprint density at radius 2 is 1.51 bits per heavy atom. The Labute approximate surface area is 354 Å². The molecule has 3 aliphatic rings. The Balaban J connectivity index is 1.20. The maximum Gasteiger partial charge on any atom is 0.408 e. The number of ether oxygens (including phenoxy) is 1. The van der Waals surface area contributed by atoms with E-state index in [1.165, 1.54) is 9.58 Å². The highest BCUT2D eigenvalue weighted by molar-refractivity contribution is 6.00. The SMILES string of the molecule is C=C[C@@H]1C[C@@]1(NC(=O)[C@@H]1C[C@@H](n2ncc(-c3ccccc3)c(-c3ccccc3)c2=O)CN1C(=O)[C@@H](NC(=O)OC1CCCC1)C(C)(C)C)C(=O)NNC(=O)Nc1ccccc1. The first-order chi connectivity index (χ1) is 29.3. The predicted octanol–water partition coefficient (Wildman–Crippen LogP) is 5.72.